The average molecular weight is 647 g/mol. The summed E-state index contributed by atoms with van der Waals surface area (Å²) in [6.45, 7) is 2.30. The van der Waals surface area contributed by atoms with Crippen LogP contribution < -0.4 is 0 Å². The number of hydrogen-bond acceptors (Lipinski definition) is 8. The summed E-state index contributed by atoms with van der Waals surface area (Å²) in [4.78, 5) is 27.5. The van der Waals surface area contributed by atoms with Crippen molar-refractivity contribution >= 4 is 23.6 Å². The highest BCUT2D eigenvalue weighted by molar-refractivity contribution is 7.99. The maximum Gasteiger partial charge on any atom is 0.261 e. The van der Waals surface area contributed by atoms with Crippen molar-refractivity contribution in [3.05, 3.63) is 137 Å². The fraction of sp³-hybridized carbons (Fsp3) is 0.243. The quantitative estimate of drug-likeness (QED) is 0.146. The summed E-state index contributed by atoms with van der Waals surface area (Å²) in [5, 5.41) is 18.6. The van der Waals surface area contributed by atoms with E-state index < -0.39 is 6.29 Å². The summed E-state index contributed by atoms with van der Waals surface area (Å²) in [6.07, 6.45) is 0.705. The van der Waals surface area contributed by atoms with E-state index in [0.29, 0.717) is 16.9 Å². The highest BCUT2D eigenvalue weighted by Gasteiger charge is 2.39. The molecule has 2 aliphatic rings. The molecule has 4 unspecified atom stereocenters. The summed E-state index contributed by atoms with van der Waals surface area (Å²) in [7, 11) is 1.92. The second kappa shape index (κ2) is 13.2. The predicted molar refractivity (Wildman–Crippen MR) is 177 cm³/mol. The Morgan fingerprint density at radius 2 is 1.45 bits per heavy atom. The molecule has 0 bridgehead atoms. The summed E-state index contributed by atoms with van der Waals surface area (Å²) < 4.78 is 15.1. The number of hydrogen-bond donors (Lipinski definition) is 1. The molecule has 1 aromatic heterocycles. The van der Waals surface area contributed by atoms with Crippen LogP contribution in [-0.4, -0.2) is 48.4 Å². The number of aliphatic hydroxyl groups is 1. The highest BCUT2D eigenvalue weighted by atomic mass is 32.2. The summed E-state index contributed by atoms with van der Waals surface area (Å²) >= 11 is 1.60. The van der Waals surface area contributed by atoms with Crippen molar-refractivity contribution in [2.45, 2.75) is 43.7 Å². The molecule has 9 nitrogen and oxygen atoms in total. The number of aromatic nitrogens is 3. The summed E-state index contributed by atoms with van der Waals surface area (Å²) in [6, 6.07) is 30.7. The molecule has 3 heterocycles. The Kier molecular flexibility index (Phi) is 8.74. The molecular weight excluding hydrogens is 612 g/mol. The third-order valence-electron chi connectivity index (χ3n) is 8.89. The number of amides is 2. The number of aryl methyl sites for hydroxylation is 1. The smallest absolute Gasteiger partial charge is 0.261 e. The molecule has 47 heavy (non-hydrogen) atoms. The Labute approximate surface area is 277 Å². The predicted octanol–water partition coefficient (Wildman–Crippen LogP) is 6.35. The van der Waals surface area contributed by atoms with Crippen molar-refractivity contribution in [3.8, 4) is 11.1 Å². The number of thioether (sulfide) groups is 1. The molecule has 0 saturated carbocycles. The van der Waals surface area contributed by atoms with E-state index in [2.05, 4.69) is 17.1 Å². The number of fused-ring (bicyclic) bond motifs is 1. The van der Waals surface area contributed by atoms with Crippen molar-refractivity contribution in [1.29, 1.82) is 0 Å². The van der Waals surface area contributed by atoms with E-state index in [1.54, 1.807) is 42.4 Å². The lowest BCUT2D eigenvalue weighted by Crippen LogP contribution is -2.38. The van der Waals surface area contributed by atoms with E-state index in [-0.39, 0.29) is 43.1 Å². The third-order valence-corrected chi connectivity index (χ3v) is 10.0. The fourth-order valence-corrected chi connectivity index (χ4v) is 7.23. The number of imide groups is 1. The fourth-order valence-electron chi connectivity index (χ4n) is 6.18. The molecule has 2 aliphatic heterocycles. The second-order valence-corrected chi connectivity index (χ2v) is 12.9. The van der Waals surface area contributed by atoms with Gasteiger partial charge in [0.15, 0.2) is 11.4 Å². The van der Waals surface area contributed by atoms with Gasteiger partial charge in [0, 0.05) is 24.3 Å². The first-order chi connectivity index (χ1) is 22.9. The minimum atomic E-state index is -0.610. The largest absolute Gasteiger partial charge is 0.392 e. The van der Waals surface area contributed by atoms with Gasteiger partial charge in [-0.25, -0.2) is 0 Å². The maximum absolute atomic E-state index is 13.1. The van der Waals surface area contributed by atoms with Gasteiger partial charge in [-0.15, -0.1) is 10.2 Å². The molecule has 0 radical (unpaired) electrons. The third kappa shape index (κ3) is 6.13. The van der Waals surface area contributed by atoms with Crippen LogP contribution in [0.25, 0.3) is 11.1 Å². The Hall–Kier alpha value is -4.61. The summed E-state index contributed by atoms with van der Waals surface area (Å²) in [5.74, 6) is 0.162. The highest BCUT2D eigenvalue weighted by Crippen LogP contribution is 2.43. The van der Waals surface area contributed by atoms with Crippen LogP contribution in [-0.2, 0) is 29.7 Å². The van der Waals surface area contributed by atoms with Gasteiger partial charge in [-0.3, -0.25) is 14.5 Å². The lowest BCUT2D eigenvalue weighted by Gasteiger charge is -2.41. The molecule has 1 fully saturated rings. The van der Waals surface area contributed by atoms with E-state index in [1.165, 1.54) is 4.90 Å². The normalized spacial score (nSPS) is 20.9. The van der Waals surface area contributed by atoms with Crippen LogP contribution in [0, 0.1) is 5.92 Å². The van der Waals surface area contributed by atoms with Crippen LogP contribution in [0.5, 0.6) is 0 Å². The van der Waals surface area contributed by atoms with Gasteiger partial charge < -0.3 is 19.1 Å². The van der Waals surface area contributed by atoms with Crippen LogP contribution in [0.15, 0.2) is 109 Å². The lowest BCUT2D eigenvalue weighted by molar-refractivity contribution is -0.268. The number of rotatable bonds is 9. The number of nitrogens with zero attached hydrogens (tertiary/aromatic N) is 4. The standard InChI is InChI=1S/C37H34N4O5S/c1-23-32(21-47-37-39-38-22-40(37)2)45-36(46-33(23)26-13-11-24(20-42)12-14-26)27-17-15-25(16-18-27)29-8-4-3-7-28(29)19-41-34(43)30-9-5-6-10-31(30)35(41)44/h3-18,22-23,32-33,36,42H,19-21H2,1-2H3. The molecule has 0 spiro atoms. The lowest BCUT2D eigenvalue weighted by atomic mass is 9.91. The first kappa shape index (κ1) is 31.0. The van der Waals surface area contributed by atoms with Gasteiger partial charge >= 0.3 is 0 Å². The minimum Gasteiger partial charge on any atom is -0.392 e. The molecule has 1 saturated heterocycles. The number of aliphatic hydroxyl groups excluding tert-OH is 1. The number of ether oxygens (including phenoxy) is 2. The molecule has 4 atom stereocenters. The van der Waals surface area contributed by atoms with Gasteiger partial charge in [0.1, 0.15) is 6.33 Å². The molecule has 2 amide bonds. The Morgan fingerprint density at radius 1 is 0.809 bits per heavy atom. The van der Waals surface area contributed by atoms with Crippen LogP contribution >= 0.6 is 11.8 Å². The van der Waals surface area contributed by atoms with Gasteiger partial charge in [0.25, 0.3) is 11.8 Å². The van der Waals surface area contributed by atoms with E-state index in [4.69, 9.17) is 9.47 Å². The molecule has 238 valence electrons. The van der Waals surface area contributed by atoms with Crippen LogP contribution in [0.1, 0.15) is 62.3 Å². The van der Waals surface area contributed by atoms with E-state index in [0.717, 1.165) is 38.5 Å². The van der Waals surface area contributed by atoms with Gasteiger partial charge in [0.05, 0.1) is 36.5 Å². The summed E-state index contributed by atoms with van der Waals surface area (Å²) in [5.41, 5.74) is 6.40. The monoisotopic (exact) mass is 646 g/mol. The molecule has 5 aromatic rings. The molecule has 1 N–H and O–H groups in total. The first-order valence-corrected chi connectivity index (χ1v) is 16.5. The number of benzene rings is 4. The van der Waals surface area contributed by atoms with Crippen LogP contribution in [0.3, 0.4) is 0 Å². The maximum atomic E-state index is 13.1. The van der Waals surface area contributed by atoms with Gasteiger partial charge in [-0.2, -0.15) is 0 Å². The van der Waals surface area contributed by atoms with Crippen molar-refractivity contribution in [3.63, 3.8) is 0 Å². The first-order valence-electron chi connectivity index (χ1n) is 15.5. The topological polar surface area (TPSA) is 107 Å². The minimum absolute atomic E-state index is 0.0160. The number of carbonyl (C=O) groups is 2. The Bertz CT molecular complexity index is 1870. The Balaban J connectivity index is 1.13. The van der Waals surface area contributed by atoms with Crippen molar-refractivity contribution < 1.29 is 24.2 Å². The zero-order valence-corrected chi connectivity index (χ0v) is 26.8. The van der Waals surface area contributed by atoms with E-state index in [9.17, 15) is 14.7 Å². The van der Waals surface area contributed by atoms with Crippen LogP contribution in [0.4, 0.5) is 0 Å². The number of carbonyl (C=O) groups excluding carboxylic acids is 2. The zero-order chi connectivity index (χ0) is 32.5. The van der Waals surface area contributed by atoms with Gasteiger partial charge in [0.2, 0.25) is 0 Å². The van der Waals surface area contributed by atoms with E-state index in [1.807, 2.05) is 84.4 Å². The molecular formula is C37H34N4O5S. The van der Waals surface area contributed by atoms with Gasteiger partial charge in [-0.05, 0) is 39.9 Å². The molecule has 0 aliphatic carbocycles. The van der Waals surface area contributed by atoms with Crippen LogP contribution in [0.2, 0.25) is 0 Å². The molecule has 7 rings (SSSR count). The van der Waals surface area contributed by atoms with Crippen molar-refractivity contribution in [2.75, 3.05) is 5.75 Å². The Morgan fingerprint density at radius 3 is 2.09 bits per heavy atom. The molecule has 4 aromatic carbocycles. The SMILES string of the molecule is CC1C(CSc2nncn2C)OC(c2ccc(-c3ccccc3CN3C(=O)c4ccccc4C3=O)cc2)OC1c1ccc(CO)cc1. The van der Waals surface area contributed by atoms with Crippen molar-refractivity contribution in [2.24, 2.45) is 13.0 Å². The zero-order valence-electron chi connectivity index (χ0n) is 26.0. The van der Waals surface area contributed by atoms with E-state index >= 15 is 0 Å². The van der Waals surface area contributed by atoms with Crippen molar-refractivity contribution in [1.82, 2.24) is 19.7 Å². The molecule has 10 heteroatoms. The second-order valence-electron chi connectivity index (χ2n) is 11.9. The average Bonchev–Trinajstić information content (AvgIpc) is 3.63. The van der Waals surface area contributed by atoms with Gasteiger partial charge in [-0.1, -0.05) is 104 Å².